The molecule has 0 atom stereocenters. The molecule has 0 fully saturated rings. The van der Waals surface area contributed by atoms with Crippen LogP contribution in [-0.4, -0.2) is 0 Å². The first-order valence-electron chi connectivity index (χ1n) is 8.47. The lowest BCUT2D eigenvalue weighted by molar-refractivity contribution is -0.708. The van der Waals surface area contributed by atoms with E-state index in [1.54, 1.807) is 0 Å². The molecule has 0 radical (unpaired) electrons. The zero-order valence-corrected chi connectivity index (χ0v) is 13.6. The van der Waals surface area contributed by atoms with Crippen LogP contribution in [-0.2, 0) is 5.54 Å². The summed E-state index contributed by atoms with van der Waals surface area (Å²) < 4.78 is 2.56. The molecule has 0 unspecified atom stereocenters. The van der Waals surface area contributed by atoms with Crippen LogP contribution in [0.5, 0.6) is 0 Å². The van der Waals surface area contributed by atoms with Gasteiger partial charge >= 0.3 is 0 Å². The molecular formula is C22H20N+. The monoisotopic (exact) mass is 298 g/mol. The van der Waals surface area contributed by atoms with E-state index in [4.69, 9.17) is 0 Å². The van der Waals surface area contributed by atoms with Gasteiger partial charge in [-0.25, -0.2) is 0 Å². The molecule has 0 saturated carbocycles. The van der Waals surface area contributed by atoms with E-state index in [-0.39, 0.29) is 5.54 Å². The third-order valence-electron chi connectivity index (χ3n) is 5.47. The number of fused-ring (bicyclic) bond motifs is 8. The predicted molar refractivity (Wildman–Crippen MR) is 95.4 cm³/mol. The molecule has 23 heavy (non-hydrogen) atoms. The third-order valence-corrected chi connectivity index (χ3v) is 5.47. The van der Waals surface area contributed by atoms with Gasteiger partial charge in [0, 0.05) is 25.5 Å². The van der Waals surface area contributed by atoms with E-state index < -0.39 is 0 Å². The lowest BCUT2D eigenvalue weighted by Crippen LogP contribution is -2.55. The molecule has 1 aliphatic carbocycles. The summed E-state index contributed by atoms with van der Waals surface area (Å²) in [5, 5.41) is 4.22. The lowest BCUT2D eigenvalue weighted by Gasteiger charge is -2.17. The second-order valence-electron chi connectivity index (χ2n) is 7.12. The van der Waals surface area contributed by atoms with E-state index in [1.165, 1.54) is 38.2 Å². The molecule has 1 aromatic heterocycles. The van der Waals surface area contributed by atoms with E-state index in [0.717, 1.165) is 12.8 Å². The average Bonchev–Trinajstić information content (AvgIpc) is 2.84. The number of para-hydroxylation sites is 1. The minimum Gasteiger partial charge on any atom is -0.182 e. The second-order valence-corrected chi connectivity index (χ2v) is 7.12. The number of aromatic nitrogens is 1. The van der Waals surface area contributed by atoms with Gasteiger partial charge in [0.05, 0.1) is 16.2 Å². The van der Waals surface area contributed by atoms with Gasteiger partial charge in [0.15, 0.2) is 5.54 Å². The first-order valence-corrected chi connectivity index (χ1v) is 8.47. The molecule has 2 heterocycles. The summed E-state index contributed by atoms with van der Waals surface area (Å²) in [6.45, 7) is 4.68. The molecule has 1 nitrogen and oxygen atoms in total. The number of rotatable bonds is 0. The average molecular weight is 298 g/mol. The molecular weight excluding hydrogens is 278 g/mol. The van der Waals surface area contributed by atoms with Crippen LogP contribution in [0.4, 0.5) is 0 Å². The van der Waals surface area contributed by atoms with Crippen LogP contribution in [0, 0.1) is 0 Å². The Balaban J connectivity index is 2.13. The number of hydrogen-bond donors (Lipinski definition) is 0. The van der Waals surface area contributed by atoms with Gasteiger partial charge in [-0.05, 0) is 30.2 Å². The molecule has 0 spiro atoms. The SMILES string of the molecule is CC1(C)c2ccccc2-c2c3c(c4ccccc4[n+]21)=CCCC=3. The van der Waals surface area contributed by atoms with E-state index in [9.17, 15) is 0 Å². The van der Waals surface area contributed by atoms with Crippen LogP contribution in [0.3, 0.4) is 0 Å². The van der Waals surface area contributed by atoms with Crippen molar-refractivity contribution in [2.24, 2.45) is 0 Å². The summed E-state index contributed by atoms with van der Waals surface area (Å²) in [5.74, 6) is 0. The molecule has 5 rings (SSSR count). The van der Waals surface area contributed by atoms with Crippen molar-refractivity contribution in [2.75, 3.05) is 0 Å². The Morgan fingerprint density at radius 2 is 1.52 bits per heavy atom. The zero-order valence-electron chi connectivity index (χ0n) is 13.6. The van der Waals surface area contributed by atoms with Crippen molar-refractivity contribution < 1.29 is 4.57 Å². The molecule has 3 aromatic rings. The van der Waals surface area contributed by atoms with Gasteiger partial charge in [0.25, 0.3) is 0 Å². The normalized spacial score (nSPS) is 17.0. The molecule has 112 valence electrons. The Labute approximate surface area is 136 Å². The van der Waals surface area contributed by atoms with E-state index in [2.05, 4.69) is 79.1 Å². The summed E-state index contributed by atoms with van der Waals surface area (Å²) in [6, 6.07) is 17.8. The molecule has 1 heteroatoms. The van der Waals surface area contributed by atoms with Crippen molar-refractivity contribution in [2.45, 2.75) is 32.2 Å². The molecule has 1 aliphatic heterocycles. The third kappa shape index (κ3) is 1.55. The fourth-order valence-electron chi connectivity index (χ4n) is 4.48. The first-order chi connectivity index (χ1) is 11.2. The molecule has 0 saturated heterocycles. The van der Waals surface area contributed by atoms with Gasteiger partial charge in [-0.2, -0.15) is 4.57 Å². The molecule has 0 amide bonds. The minimum atomic E-state index is -0.0220. The highest BCUT2D eigenvalue weighted by Gasteiger charge is 2.45. The van der Waals surface area contributed by atoms with Gasteiger partial charge in [-0.3, -0.25) is 0 Å². The van der Waals surface area contributed by atoms with E-state index in [0.29, 0.717) is 0 Å². The maximum absolute atomic E-state index is 2.56. The Morgan fingerprint density at radius 3 is 2.39 bits per heavy atom. The Kier molecular flexibility index (Phi) is 2.45. The number of pyridine rings is 1. The highest BCUT2D eigenvalue weighted by atomic mass is 15.1. The zero-order chi connectivity index (χ0) is 15.6. The fourth-order valence-corrected chi connectivity index (χ4v) is 4.48. The van der Waals surface area contributed by atoms with Crippen molar-refractivity contribution in [3.05, 3.63) is 64.5 Å². The summed E-state index contributed by atoms with van der Waals surface area (Å²) in [6.07, 6.45) is 7.14. The van der Waals surface area contributed by atoms with E-state index in [1.807, 2.05) is 0 Å². The Bertz CT molecular complexity index is 1090. The van der Waals surface area contributed by atoms with Crippen LogP contribution in [0.1, 0.15) is 32.3 Å². The summed E-state index contributed by atoms with van der Waals surface area (Å²) in [4.78, 5) is 0. The van der Waals surface area contributed by atoms with Crippen LogP contribution < -0.4 is 15.0 Å². The van der Waals surface area contributed by atoms with Crippen molar-refractivity contribution in [1.82, 2.24) is 0 Å². The molecule has 0 N–H and O–H groups in total. The highest BCUT2D eigenvalue weighted by Crippen LogP contribution is 2.36. The van der Waals surface area contributed by atoms with Gasteiger partial charge in [-0.15, -0.1) is 0 Å². The second kappa shape index (κ2) is 4.32. The fraction of sp³-hybridized carbons (Fsp3) is 0.227. The van der Waals surface area contributed by atoms with E-state index >= 15 is 0 Å². The van der Waals surface area contributed by atoms with Crippen LogP contribution in [0.25, 0.3) is 34.3 Å². The van der Waals surface area contributed by atoms with Crippen LogP contribution in [0.15, 0.2) is 48.5 Å². The Morgan fingerprint density at radius 1 is 0.826 bits per heavy atom. The first kappa shape index (κ1) is 13.1. The van der Waals surface area contributed by atoms with Crippen molar-refractivity contribution >= 4 is 23.1 Å². The number of nitrogens with zero attached hydrogens (tertiary/aromatic N) is 1. The molecule has 2 aromatic carbocycles. The van der Waals surface area contributed by atoms with Gasteiger partial charge in [0.2, 0.25) is 11.2 Å². The van der Waals surface area contributed by atoms with Crippen LogP contribution in [0.2, 0.25) is 0 Å². The quantitative estimate of drug-likeness (QED) is 0.561. The summed E-state index contributed by atoms with van der Waals surface area (Å²) in [7, 11) is 0. The topological polar surface area (TPSA) is 3.88 Å². The maximum Gasteiger partial charge on any atom is 0.221 e. The minimum absolute atomic E-state index is 0.0220. The van der Waals surface area contributed by atoms with Crippen LogP contribution >= 0.6 is 0 Å². The van der Waals surface area contributed by atoms with Crippen molar-refractivity contribution in [3.8, 4) is 11.3 Å². The Hall–Kier alpha value is -2.41. The number of benzene rings is 2. The smallest absolute Gasteiger partial charge is 0.182 e. The highest BCUT2D eigenvalue weighted by molar-refractivity contribution is 5.82. The molecule has 0 bridgehead atoms. The van der Waals surface area contributed by atoms with Gasteiger partial charge in [0.1, 0.15) is 0 Å². The van der Waals surface area contributed by atoms with Gasteiger partial charge in [-0.1, -0.05) is 42.5 Å². The largest absolute Gasteiger partial charge is 0.221 e. The molecule has 2 aliphatic rings. The lowest BCUT2D eigenvalue weighted by atomic mass is 9.93. The predicted octanol–water partition coefficient (Wildman–Crippen LogP) is 3.25. The number of hydrogen-bond acceptors (Lipinski definition) is 0. The van der Waals surface area contributed by atoms with Gasteiger partial charge < -0.3 is 0 Å². The standard InChI is InChI=1S/C22H20N/c1-22(2)19-13-7-5-12-18(19)21-17-11-4-3-9-15(17)16-10-6-8-14-20(16)23(21)22/h5-14H,3-4H2,1-2H3/q+1. The summed E-state index contributed by atoms with van der Waals surface area (Å²) >= 11 is 0. The van der Waals surface area contributed by atoms with Crippen molar-refractivity contribution in [1.29, 1.82) is 0 Å². The van der Waals surface area contributed by atoms with Crippen molar-refractivity contribution in [3.63, 3.8) is 0 Å². The summed E-state index contributed by atoms with van der Waals surface area (Å²) in [5.41, 5.74) is 5.54. The maximum atomic E-state index is 2.56.